The molecule has 0 saturated carbocycles. The van der Waals surface area contributed by atoms with Crippen LogP contribution >= 0.6 is 7.92 Å². The van der Waals surface area contributed by atoms with Crippen LogP contribution in [0.1, 0.15) is 44.1 Å². The molecule has 0 spiro atoms. The molecule has 1 heterocycles. The standard InChI is InChI=1S/C23H28F3N4P/c1-5-27-19-12-18-17(11-20(19)31(6-2)7-3)23(30-14(4)29-18)28-13-15-9-8-10-16(21(15)24)22(25)26/h8-12,22,27H,5-7,13H2,1-4H3,(H,28,29,30). The molecule has 4 nitrogen and oxygen atoms in total. The van der Waals surface area contributed by atoms with Crippen LogP contribution < -0.4 is 15.9 Å². The van der Waals surface area contributed by atoms with E-state index in [1.165, 1.54) is 17.4 Å². The van der Waals surface area contributed by atoms with E-state index < -0.39 is 17.8 Å². The molecular formula is C23H28F3N4P. The molecule has 2 N–H and O–H groups in total. The van der Waals surface area contributed by atoms with Crippen LogP contribution in [0.4, 0.5) is 24.7 Å². The fourth-order valence-electron chi connectivity index (χ4n) is 3.66. The molecule has 2 aromatic carbocycles. The summed E-state index contributed by atoms with van der Waals surface area (Å²) in [6.07, 6.45) is -0.718. The van der Waals surface area contributed by atoms with Crippen LogP contribution in [0.3, 0.4) is 0 Å². The minimum Gasteiger partial charge on any atom is -0.385 e. The van der Waals surface area contributed by atoms with Crippen LogP contribution in [-0.2, 0) is 6.54 Å². The predicted molar refractivity (Wildman–Crippen MR) is 125 cm³/mol. The van der Waals surface area contributed by atoms with E-state index in [0.717, 1.165) is 41.5 Å². The normalized spacial score (nSPS) is 11.5. The van der Waals surface area contributed by atoms with Crippen LogP contribution in [0.5, 0.6) is 0 Å². The molecule has 1 aromatic heterocycles. The minimum absolute atomic E-state index is 0.0541. The highest BCUT2D eigenvalue weighted by Crippen LogP contribution is 2.38. The Morgan fingerprint density at radius 3 is 2.42 bits per heavy atom. The minimum atomic E-state index is -2.85. The first-order valence-corrected chi connectivity index (χ1v) is 12.2. The van der Waals surface area contributed by atoms with Crippen molar-refractivity contribution in [2.24, 2.45) is 0 Å². The molecule has 0 bridgehead atoms. The molecule has 3 aromatic rings. The molecule has 166 valence electrons. The van der Waals surface area contributed by atoms with Gasteiger partial charge in [-0.05, 0) is 43.6 Å². The Morgan fingerprint density at radius 1 is 1.03 bits per heavy atom. The number of rotatable bonds is 9. The van der Waals surface area contributed by atoms with Gasteiger partial charge in [-0.25, -0.2) is 23.1 Å². The van der Waals surface area contributed by atoms with E-state index in [4.69, 9.17) is 0 Å². The monoisotopic (exact) mass is 448 g/mol. The SMILES string of the molecule is CCNc1cc2nc(C)nc(NCc3cccc(C(F)F)c3F)c2cc1P(CC)CC. The summed E-state index contributed by atoms with van der Waals surface area (Å²) in [7, 11) is -0.336. The van der Waals surface area contributed by atoms with Crippen LogP contribution in [0.2, 0.25) is 0 Å². The van der Waals surface area contributed by atoms with E-state index >= 15 is 0 Å². The summed E-state index contributed by atoms with van der Waals surface area (Å²) >= 11 is 0. The first-order chi connectivity index (χ1) is 14.9. The zero-order chi connectivity index (χ0) is 22.5. The van der Waals surface area contributed by atoms with E-state index in [9.17, 15) is 13.2 Å². The van der Waals surface area contributed by atoms with Gasteiger partial charge in [0.25, 0.3) is 6.43 Å². The maximum Gasteiger partial charge on any atom is 0.266 e. The number of benzene rings is 2. The molecule has 0 aliphatic carbocycles. The first kappa shape index (κ1) is 23.3. The lowest BCUT2D eigenvalue weighted by Crippen LogP contribution is -2.14. The molecule has 0 amide bonds. The van der Waals surface area contributed by atoms with Crippen LogP contribution in [0.15, 0.2) is 30.3 Å². The number of anilines is 2. The summed E-state index contributed by atoms with van der Waals surface area (Å²) in [4.78, 5) is 9.11. The summed E-state index contributed by atoms with van der Waals surface area (Å²) < 4.78 is 40.5. The van der Waals surface area contributed by atoms with Gasteiger partial charge in [0.15, 0.2) is 0 Å². The van der Waals surface area contributed by atoms with Crippen molar-refractivity contribution >= 4 is 35.6 Å². The van der Waals surface area contributed by atoms with E-state index in [0.29, 0.717) is 11.6 Å². The van der Waals surface area contributed by atoms with Crippen molar-refractivity contribution in [3.63, 3.8) is 0 Å². The smallest absolute Gasteiger partial charge is 0.266 e. The highest BCUT2D eigenvalue weighted by molar-refractivity contribution is 7.65. The number of alkyl halides is 2. The van der Waals surface area contributed by atoms with Gasteiger partial charge in [-0.1, -0.05) is 40.0 Å². The number of halogens is 3. The van der Waals surface area contributed by atoms with Gasteiger partial charge < -0.3 is 10.6 Å². The summed E-state index contributed by atoms with van der Waals surface area (Å²) in [5.41, 5.74) is 1.47. The average Bonchev–Trinajstić information content (AvgIpc) is 2.74. The fraction of sp³-hybridized carbons (Fsp3) is 0.391. The van der Waals surface area contributed by atoms with Crippen LogP contribution in [-0.4, -0.2) is 28.8 Å². The van der Waals surface area contributed by atoms with Gasteiger partial charge in [0, 0.05) is 29.7 Å². The number of aromatic nitrogens is 2. The number of hydrogen-bond donors (Lipinski definition) is 2. The molecule has 31 heavy (non-hydrogen) atoms. The number of hydrogen-bond acceptors (Lipinski definition) is 4. The predicted octanol–water partition coefficient (Wildman–Crippen LogP) is 6.21. The second kappa shape index (κ2) is 10.3. The molecule has 0 radical (unpaired) electrons. The lowest BCUT2D eigenvalue weighted by Gasteiger charge is -2.21. The van der Waals surface area contributed by atoms with E-state index in [-0.39, 0.29) is 20.0 Å². The van der Waals surface area contributed by atoms with Crippen molar-refractivity contribution in [2.45, 2.75) is 40.7 Å². The van der Waals surface area contributed by atoms with E-state index in [1.807, 2.05) is 6.07 Å². The van der Waals surface area contributed by atoms with Crippen LogP contribution in [0, 0.1) is 12.7 Å². The maximum absolute atomic E-state index is 14.5. The highest BCUT2D eigenvalue weighted by atomic mass is 31.1. The number of aryl methyl sites for hydroxylation is 1. The Morgan fingerprint density at radius 2 is 1.77 bits per heavy atom. The first-order valence-electron chi connectivity index (χ1n) is 10.5. The molecule has 0 unspecified atom stereocenters. The third kappa shape index (κ3) is 5.09. The van der Waals surface area contributed by atoms with Crippen molar-refractivity contribution < 1.29 is 13.2 Å². The van der Waals surface area contributed by atoms with E-state index in [2.05, 4.69) is 47.4 Å². The molecule has 0 atom stereocenters. The zero-order valence-corrected chi connectivity index (χ0v) is 19.2. The second-order valence-electron chi connectivity index (χ2n) is 7.18. The van der Waals surface area contributed by atoms with Gasteiger partial charge in [0.05, 0.1) is 11.1 Å². The largest absolute Gasteiger partial charge is 0.385 e. The quantitative estimate of drug-likeness (QED) is 0.383. The zero-order valence-electron chi connectivity index (χ0n) is 18.3. The topological polar surface area (TPSA) is 49.8 Å². The Labute approximate surface area is 182 Å². The Balaban J connectivity index is 2.04. The molecule has 0 fully saturated rings. The molecule has 8 heteroatoms. The Hall–Kier alpha value is -2.40. The number of nitrogens with zero attached hydrogens (tertiary/aromatic N) is 2. The fourth-order valence-corrected chi connectivity index (χ4v) is 5.58. The third-order valence-corrected chi connectivity index (χ3v) is 7.76. The van der Waals surface area contributed by atoms with Gasteiger partial charge in [-0.15, -0.1) is 0 Å². The number of fused-ring (bicyclic) bond motifs is 1. The van der Waals surface area contributed by atoms with Crippen LogP contribution in [0.25, 0.3) is 10.9 Å². The molecular weight excluding hydrogens is 420 g/mol. The van der Waals surface area contributed by atoms with Gasteiger partial charge in [-0.3, -0.25) is 0 Å². The average molecular weight is 448 g/mol. The Kier molecular flexibility index (Phi) is 7.71. The molecule has 3 rings (SSSR count). The summed E-state index contributed by atoms with van der Waals surface area (Å²) in [5.74, 6) is 0.284. The molecule has 0 aliphatic rings. The lowest BCUT2D eigenvalue weighted by atomic mass is 10.1. The summed E-state index contributed by atoms with van der Waals surface area (Å²) in [5, 5.41) is 8.72. The van der Waals surface area contributed by atoms with Gasteiger partial charge in [0.1, 0.15) is 17.5 Å². The van der Waals surface area contributed by atoms with Gasteiger partial charge >= 0.3 is 0 Å². The summed E-state index contributed by atoms with van der Waals surface area (Å²) in [6.45, 7) is 9.11. The van der Waals surface area contributed by atoms with Gasteiger partial charge in [-0.2, -0.15) is 0 Å². The highest BCUT2D eigenvalue weighted by Gasteiger charge is 2.18. The number of nitrogens with one attached hydrogen (secondary N) is 2. The third-order valence-electron chi connectivity index (χ3n) is 5.19. The van der Waals surface area contributed by atoms with Crippen molar-refractivity contribution in [1.82, 2.24) is 9.97 Å². The second-order valence-corrected chi connectivity index (χ2v) is 10.0. The van der Waals surface area contributed by atoms with Crippen molar-refractivity contribution in [3.05, 3.63) is 53.1 Å². The van der Waals surface area contributed by atoms with Crippen molar-refractivity contribution in [1.29, 1.82) is 0 Å². The lowest BCUT2D eigenvalue weighted by molar-refractivity contribution is 0.146. The maximum atomic E-state index is 14.5. The molecule has 0 aliphatic heterocycles. The van der Waals surface area contributed by atoms with Gasteiger partial charge in [0.2, 0.25) is 0 Å². The van der Waals surface area contributed by atoms with Crippen molar-refractivity contribution in [2.75, 3.05) is 29.5 Å². The van der Waals surface area contributed by atoms with Crippen molar-refractivity contribution in [3.8, 4) is 0 Å². The van der Waals surface area contributed by atoms with E-state index in [1.54, 1.807) is 6.92 Å². The molecule has 0 saturated heterocycles. The summed E-state index contributed by atoms with van der Waals surface area (Å²) in [6, 6.07) is 8.24. The Bertz CT molecular complexity index is 1050.